The molecule has 2 saturated carbocycles. The number of aromatic nitrogens is 1. The van der Waals surface area contributed by atoms with E-state index in [0.29, 0.717) is 23.0 Å². The zero-order valence-electron chi connectivity index (χ0n) is 20.8. The minimum atomic E-state index is 0.419. The lowest BCUT2D eigenvalue weighted by atomic mass is 9.51. The van der Waals surface area contributed by atoms with Gasteiger partial charge in [-0.15, -0.1) is 0 Å². The smallest absolute Gasteiger partial charge is 0.213 e. The molecule has 1 aromatic heterocycles. The molecule has 4 heteroatoms. The Morgan fingerprint density at radius 3 is 2.76 bits per heavy atom. The lowest BCUT2D eigenvalue weighted by molar-refractivity contribution is 0.000805. The highest BCUT2D eigenvalue weighted by molar-refractivity contribution is 5.40. The summed E-state index contributed by atoms with van der Waals surface area (Å²) in [5.74, 6) is 4.85. The van der Waals surface area contributed by atoms with Gasteiger partial charge in [-0.2, -0.15) is 0 Å². The Bertz CT molecular complexity index is 972. The molecular weight excluding hydrogens is 408 g/mol. The zero-order chi connectivity index (χ0) is 23.2. The van der Waals surface area contributed by atoms with E-state index in [1.807, 2.05) is 24.4 Å². The molecule has 2 fully saturated rings. The average Bonchev–Trinajstić information content (AvgIpc) is 3.10. The first-order chi connectivity index (χ1) is 15.8. The molecular formula is C29H40N2O2. The fourth-order valence-electron chi connectivity index (χ4n) is 7.81. The van der Waals surface area contributed by atoms with Crippen LogP contribution in [0, 0.1) is 29.1 Å². The van der Waals surface area contributed by atoms with Gasteiger partial charge in [0.15, 0.2) is 0 Å². The van der Waals surface area contributed by atoms with Gasteiger partial charge in [-0.25, -0.2) is 4.98 Å². The Morgan fingerprint density at radius 1 is 1.15 bits per heavy atom. The number of aromatic hydroxyl groups is 1. The van der Waals surface area contributed by atoms with Crippen LogP contribution in [0.5, 0.6) is 11.6 Å². The van der Waals surface area contributed by atoms with Crippen LogP contribution < -0.4 is 4.74 Å². The van der Waals surface area contributed by atoms with Crippen LogP contribution in [0.2, 0.25) is 0 Å². The maximum atomic E-state index is 9.99. The van der Waals surface area contributed by atoms with Crippen molar-refractivity contribution >= 4 is 0 Å². The summed E-state index contributed by atoms with van der Waals surface area (Å²) in [5.41, 5.74) is 4.55. The Morgan fingerprint density at radius 2 is 2.00 bits per heavy atom. The van der Waals surface area contributed by atoms with Gasteiger partial charge in [-0.3, -0.25) is 0 Å². The number of nitrogens with zero attached hydrogens (tertiary/aromatic N) is 2. The highest BCUT2D eigenvalue weighted by atomic mass is 16.5. The number of benzene rings is 1. The third-order valence-corrected chi connectivity index (χ3v) is 9.27. The van der Waals surface area contributed by atoms with Gasteiger partial charge in [-0.05, 0) is 116 Å². The molecule has 4 unspecified atom stereocenters. The third-order valence-electron chi connectivity index (χ3n) is 9.27. The Kier molecular flexibility index (Phi) is 6.15. The summed E-state index contributed by atoms with van der Waals surface area (Å²) in [4.78, 5) is 6.67. The maximum Gasteiger partial charge on any atom is 0.213 e. The number of ether oxygens (including phenoxy) is 1. The van der Waals surface area contributed by atoms with Crippen LogP contribution in [0.4, 0.5) is 0 Å². The minimum Gasteiger partial charge on any atom is -0.508 e. The molecule has 1 heterocycles. The molecule has 2 aromatic rings. The van der Waals surface area contributed by atoms with E-state index in [0.717, 1.165) is 49.6 Å². The van der Waals surface area contributed by atoms with Crippen molar-refractivity contribution in [1.82, 2.24) is 9.88 Å². The van der Waals surface area contributed by atoms with Crippen LogP contribution in [0.25, 0.3) is 0 Å². The van der Waals surface area contributed by atoms with Gasteiger partial charge in [0.1, 0.15) is 5.75 Å². The summed E-state index contributed by atoms with van der Waals surface area (Å²) < 4.78 is 6.09. The summed E-state index contributed by atoms with van der Waals surface area (Å²) in [7, 11) is 4.15. The maximum absolute atomic E-state index is 9.99. The Hall–Kier alpha value is -2.07. The molecule has 1 N–H and O–H groups in total. The van der Waals surface area contributed by atoms with Gasteiger partial charge >= 0.3 is 0 Å². The van der Waals surface area contributed by atoms with Gasteiger partial charge in [0.2, 0.25) is 5.88 Å². The molecule has 3 aliphatic rings. The van der Waals surface area contributed by atoms with E-state index in [9.17, 15) is 5.11 Å². The van der Waals surface area contributed by atoms with Crippen molar-refractivity contribution in [2.75, 3.05) is 20.7 Å². The lowest BCUT2D eigenvalue weighted by Gasteiger charge is -2.53. The summed E-state index contributed by atoms with van der Waals surface area (Å²) in [6.45, 7) is 6.71. The van der Waals surface area contributed by atoms with Crippen molar-refractivity contribution in [2.45, 2.75) is 64.8 Å². The summed E-state index contributed by atoms with van der Waals surface area (Å²) in [6, 6.07) is 10.3. The predicted octanol–water partition coefficient (Wildman–Crippen LogP) is 6.04. The molecule has 0 radical (unpaired) electrons. The van der Waals surface area contributed by atoms with Crippen LogP contribution in [0.1, 0.15) is 68.6 Å². The fraction of sp³-hybridized carbons (Fsp3) is 0.621. The average molecular weight is 449 g/mol. The number of fused-ring (bicyclic) bond motifs is 5. The van der Waals surface area contributed by atoms with Crippen molar-refractivity contribution in [2.24, 2.45) is 29.1 Å². The van der Waals surface area contributed by atoms with Gasteiger partial charge in [0.05, 0.1) is 6.61 Å². The highest BCUT2D eigenvalue weighted by Crippen LogP contribution is 2.64. The molecule has 0 aliphatic heterocycles. The topological polar surface area (TPSA) is 45.6 Å². The van der Waals surface area contributed by atoms with Crippen molar-refractivity contribution in [3.8, 4) is 11.6 Å². The van der Waals surface area contributed by atoms with Crippen LogP contribution in [0.15, 0.2) is 36.5 Å². The fourth-order valence-corrected chi connectivity index (χ4v) is 7.81. The van der Waals surface area contributed by atoms with E-state index in [2.05, 4.69) is 50.0 Å². The molecule has 3 aliphatic carbocycles. The first-order valence-electron chi connectivity index (χ1n) is 12.9. The van der Waals surface area contributed by atoms with Crippen molar-refractivity contribution in [3.05, 3.63) is 53.2 Å². The molecule has 0 saturated heterocycles. The second-order valence-electron chi connectivity index (χ2n) is 11.6. The van der Waals surface area contributed by atoms with E-state index in [4.69, 9.17) is 4.74 Å². The second kappa shape index (κ2) is 8.94. The largest absolute Gasteiger partial charge is 0.508 e. The van der Waals surface area contributed by atoms with Crippen LogP contribution in [-0.4, -0.2) is 35.7 Å². The second-order valence-corrected chi connectivity index (χ2v) is 11.6. The van der Waals surface area contributed by atoms with E-state index in [-0.39, 0.29) is 0 Å². The van der Waals surface area contributed by atoms with Gasteiger partial charge in [0.25, 0.3) is 0 Å². The number of hydrogen-bond acceptors (Lipinski definition) is 4. The molecule has 33 heavy (non-hydrogen) atoms. The van der Waals surface area contributed by atoms with Gasteiger partial charge < -0.3 is 14.7 Å². The number of phenols is 1. The van der Waals surface area contributed by atoms with Gasteiger partial charge in [-0.1, -0.05) is 26.0 Å². The molecule has 178 valence electrons. The highest BCUT2D eigenvalue weighted by Gasteiger charge is 2.55. The molecule has 0 spiro atoms. The van der Waals surface area contributed by atoms with Crippen LogP contribution >= 0.6 is 0 Å². The van der Waals surface area contributed by atoms with Crippen LogP contribution in [-0.2, 0) is 13.0 Å². The zero-order valence-corrected chi connectivity index (χ0v) is 20.8. The number of hydrogen-bond donors (Lipinski definition) is 1. The third kappa shape index (κ3) is 4.27. The molecule has 5 rings (SSSR count). The molecule has 4 nitrogen and oxygen atoms in total. The Balaban J connectivity index is 1.23. The predicted molar refractivity (Wildman–Crippen MR) is 133 cm³/mol. The quantitative estimate of drug-likeness (QED) is 0.585. The van der Waals surface area contributed by atoms with Crippen LogP contribution in [0.3, 0.4) is 0 Å². The first-order valence-corrected chi connectivity index (χ1v) is 12.9. The SMILES string of the molecule is C[C@@H]1Cc2cc(O)ccc2C2CCC3(C)C(CC[C@@H]3CCOc3ccc(CN(C)C)cn3)C21. The van der Waals surface area contributed by atoms with Crippen molar-refractivity contribution in [1.29, 1.82) is 0 Å². The number of rotatable bonds is 6. The number of phenolic OH excluding ortho intramolecular Hbond substituents is 1. The van der Waals surface area contributed by atoms with Crippen molar-refractivity contribution < 1.29 is 9.84 Å². The molecule has 0 bridgehead atoms. The monoisotopic (exact) mass is 448 g/mol. The Labute approximate surface area is 199 Å². The summed E-state index contributed by atoms with van der Waals surface area (Å²) in [6.07, 6.45) is 9.46. The molecule has 1 aromatic carbocycles. The normalized spacial score (nSPS) is 32.8. The minimum absolute atomic E-state index is 0.419. The van der Waals surface area contributed by atoms with E-state index < -0.39 is 0 Å². The standard InChI is InChI=1S/C29H40N2O2/c1-19-15-21-16-23(32)7-8-24(21)25-11-13-29(2)22(6-9-26(29)28(19)25)12-14-33-27-10-5-20(17-30-27)18-31(3)4/h5,7-8,10,16-17,19,22,25-26,28,32H,6,9,11-15,18H2,1-4H3/t19-,22-,25?,26?,28?,29?/m1/s1. The number of pyridine rings is 1. The lowest BCUT2D eigenvalue weighted by Crippen LogP contribution is -2.45. The van der Waals surface area contributed by atoms with E-state index in [1.165, 1.54) is 42.4 Å². The molecule has 0 amide bonds. The van der Waals surface area contributed by atoms with E-state index in [1.54, 1.807) is 0 Å². The first kappa shape index (κ1) is 22.7. The van der Waals surface area contributed by atoms with Gasteiger partial charge in [0, 0.05) is 18.8 Å². The summed E-state index contributed by atoms with van der Waals surface area (Å²) in [5, 5.41) is 9.99. The molecule has 6 atom stereocenters. The summed E-state index contributed by atoms with van der Waals surface area (Å²) >= 11 is 0. The van der Waals surface area contributed by atoms with Crippen molar-refractivity contribution in [3.63, 3.8) is 0 Å². The van der Waals surface area contributed by atoms with E-state index >= 15 is 0 Å².